The van der Waals surface area contributed by atoms with Gasteiger partial charge in [-0.1, -0.05) is 60.7 Å². The summed E-state index contributed by atoms with van der Waals surface area (Å²) in [7, 11) is 0. The van der Waals surface area contributed by atoms with Crippen molar-refractivity contribution in [3.8, 4) is 0 Å². The highest BCUT2D eigenvalue weighted by molar-refractivity contribution is 5.29. The first-order chi connectivity index (χ1) is 10.3. The third kappa shape index (κ3) is 2.15. The summed E-state index contributed by atoms with van der Waals surface area (Å²) in [6.07, 6.45) is 1.04. The van der Waals surface area contributed by atoms with Crippen LogP contribution in [0.25, 0.3) is 0 Å². The van der Waals surface area contributed by atoms with E-state index in [2.05, 4.69) is 12.1 Å². The molecular weight excluding hydrogens is 264 g/mol. The molecule has 2 heterocycles. The Morgan fingerprint density at radius 3 is 2.29 bits per heavy atom. The predicted molar refractivity (Wildman–Crippen MR) is 78.1 cm³/mol. The van der Waals surface area contributed by atoms with Crippen LogP contribution in [0.3, 0.4) is 0 Å². The van der Waals surface area contributed by atoms with E-state index in [1.807, 2.05) is 54.6 Å². The molecule has 2 aromatic carbocycles. The van der Waals surface area contributed by atoms with Crippen LogP contribution in [0.15, 0.2) is 72.5 Å². The van der Waals surface area contributed by atoms with Gasteiger partial charge in [-0.3, -0.25) is 0 Å². The van der Waals surface area contributed by atoms with E-state index in [4.69, 9.17) is 9.47 Å². The van der Waals surface area contributed by atoms with Crippen molar-refractivity contribution >= 4 is 0 Å². The molecule has 0 amide bonds. The second-order valence-electron chi connectivity index (χ2n) is 5.41. The molecule has 0 bridgehead atoms. The molecule has 1 unspecified atom stereocenters. The molecular formula is C18H16O3. The quantitative estimate of drug-likeness (QED) is 0.937. The van der Waals surface area contributed by atoms with Crippen molar-refractivity contribution < 1.29 is 14.6 Å². The van der Waals surface area contributed by atoms with Crippen molar-refractivity contribution in [1.29, 1.82) is 0 Å². The second-order valence-corrected chi connectivity index (χ2v) is 5.41. The smallest absolute Gasteiger partial charge is 0.209 e. The van der Waals surface area contributed by atoms with Crippen LogP contribution in [-0.4, -0.2) is 11.4 Å². The number of ether oxygens (including phenoxy) is 2. The molecule has 1 N–H and O–H groups in total. The SMILES string of the molecule is O[C@@H](C1=C[C@H]2C(c3ccccc3)O[C@H]2O1)c1ccccc1. The van der Waals surface area contributed by atoms with Crippen molar-refractivity contribution in [3.05, 3.63) is 83.6 Å². The molecule has 2 aliphatic rings. The van der Waals surface area contributed by atoms with Gasteiger partial charge in [-0.15, -0.1) is 0 Å². The number of benzene rings is 2. The number of aliphatic hydroxyl groups is 1. The zero-order chi connectivity index (χ0) is 14.2. The first-order valence-electron chi connectivity index (χ1n) is 7.15. The minimum Gasteiger partial charge on any atom is -0.466 e. The number of aliphatic hydroxyl groups excluding tert-OH is 1. The average molecular weight is 280 g/mol. The molecule has 3 nitrogen and oxygen atoms in total. The summed E-state index contributed by atoms with van der Waals surface area (Å²) >= 11 is 0. The molecule has 0 aliphatic carbocycles. The maximum atomic E-state index is 10.4. The van der Waals surface area contributed by atoms with Crippen LogP contribution >= 0.6 is 0 Å². The lowest BCUT2D eigenvalue weighted by Gasteiger charge is -2.38. The molecule has 4 atom stereocenters. The highest BCUT2D eigenvalue weighted by Gasteiger charge is 2.48. The first-order valence-corrected chi connectivity index (χ1v) is 7.15. The van der Waals surface area contributed by atoms with Gasteiger partial charge in [-0.25, -0.2) is 0 Å². The summed E-state index contributed by atoms with van der Waals surface area (Å²) in [6, 6.07) is 19.6. The molecule has 1 saturated heterocycles. The molecule has 3 heteroatoms. The molecule has 106 valence electrons. The Bertz CT molecular complexity index is 651. The van der Waals surface area contributed by atoms with Crippen molar-refractivity contribution in [1.82, 2.24) is 0 Å². The van der Waals surface area contributed by atoms with Crippen LogP contribution in [0, 0.1) is 5.92 Å². The summed E-state index contributed by atoms with van der Waals surface area (Å²) in [5.41, 5.74) is 1.98. The van der Waals surface area contributed by atoms with Crippen molar-refractivity contribution in [2.24, 2.45) is 5.92 Å². The Hall–Kier alpha value is -2.10. The third-order valence-corrected chi connectivity index (χ3v) is 4.07. The Kier molecular flexibility index (Phi) is 3.02. The summed E-state index contributed by atoms with van der Waals surface area (Å²) in [5.74, 6) is 0.774. The molecule has 4 rings (SSSR count). The van der Waals surface area contributed by atoms with Crippen LogP contribution in [0.1, 0.15) is 23.3 Å². The number of fused-ring (bicyclic) bond motifs is 1. The van der Waals surface area contributed by atoms with Gasteiger partial charge in [0.1, 0.15) is 11.9 Å². The Balaban J connectivity index is 1.54. The standard InChI is InChI=1S/C18H16O3/c19-16(12-7-3-1-4-8-12)15-11-14-17(21-18(14)20-15)13-9-5-2-6-10-13/h1-11,14,16-19H/t14-,16+,17?,18+/m0/s1. The lowest BCUT2D eigenvalue weighted by atomic mass is 9.90. The fraction of sp³-hybridized carbons (Fsp3) is 0.222. The lowest BCUT2D eigenvalue weighted by molar-refractivity contribution is -0.264. The van der Waals surface area contributed by atoms with Gasteiger partial charge in [0.15, 0.2) is 0 Å². The van der Waals surface area contributed by atoms with Gasteiger partial charge >= 0.3 is 0 Å². The van der Waals surface area contributed by atoms with Crippen molar-refractivity contribution in [3.63, 3.8) is 0 Å². The molecule has 2 aliphatic heterocycles. The Morgan fingerprint density at radius 1 is 0.905 bits per heavy atom. The molecule has 0 aromatic heterocycles. The van der Waals surface area contributed by atoms with E-state index in [1.54, 1.807) is 0 Å². The maximum Gasteiger partial charge on any atom is 0.209 e. The van der Waals surface area contributed by atoms with Gasteiger partial charge in [0.2, 0.25) is 6.29 Å². The van der Waals surface area contributed by atoms with E-state index in [9.17, 15) is 5.11 Å². The third-order valence-electron chi connectivity index (χ3n) is 4.07. The van der Waals surface area contributed by atoms with Gasteiger partial charge in [-0.2, -0.15) is 0 Å². The van der Waals surface area contributed by atoms with E-state index < -0.39 is 6.10 Å². The van der Waals surface area contributed by atoms with E-state index in [0.29, 0.717) is 5.76 Å². The normalized spacial score (nSPS) is 28.0. The van der Waals surface area contributed by atoms with Crippen LogP contribution in [-0.2, 0) is 9.47 Å². The number of rotatable bonds is 3. The summed E-state index contributed by atoms with van der Waals surface area (Å²) in [4.78, 5) is 0. The summed E-state index contributed by atoms with van der Waals surface area (Å²) in [5, 5.41) is 10.4. The Morgan fingerprint density at radius 2 is 1.57 bits per heavy atom. The van der Waals surface area contributed by atoms with Crippen LogP contribution in [0.4, 0.5) is 0 Å². The van der Waals surface area contributed by atoms with E-state index in [1.165, 1.54) is 0 Å². The first kappa shape index (κ1) is 12.6. The highest BCUT2D eigenvalue weighted by Crippen LogP contribution is 2.49. The molecule has 0 radical (unpaired) electrons. The summed E-state index contributed by atoms with van der Waals surface area (Å²) in [6.45, 7) is 0. The van der Waals surface area contributed by atoms with E-state index >= 15 is 0 Å². The molecule has 2 aromatic rings. The van der Waals surface area contributed by atoms with Gasteiger partial charge in [0.25, 0.3) is 0 Å². The molecule has 0 saturated carbocycles. The minimum atomic E-state index is -0.725. The average Bonchev–Trinajstić information content (AvgIpc) is 2.86. The van der Waals surface area contributed by atoms with Crippen LogP contribution < -0.4 is 0 Å². The van der Waals surface area contributed by atoms with Gasteiger partial charge < -0.3 is 14.6 Å². The van der Waals surface area contributed by atoms with Crippen LogP contribution in [0.2, 0.25) is 0 Å². The summed E-state index contributed by atoms with van der Waals surface area (Å²) < 4.78 is 11.5. The minimum absolute atomic E-state index is 0.0247. The monoisotopic (exact) mass is 280 g/mol. The predicted octanol–water partition coefficient (Wildman–Crippen LogP) is 3.35. The van der Waals surface area contributed by atoms with Crippen molar-refractivity contribution in [2.75, 3.05) is 0 Å². The lowest BCUT2D eigenvalue weighted by Crippen LogP contribution is -2.39. The topological polar surface area (TPSA) is 38.7 Å². The fourth-order valence-electron chi connectivity index (χ4n) is 2.91. The van der Waals surface area contributed by atoms with Crippen LogP contribution in [0.5, 0.6) is 0 Å². The van der Waals surface area contributed by atoms with Gasteiger partial charge in [0.05, 0.1) is 12.0 Å². The van der Waals surface area contributed by atoms with Gasteiger partial charge in [0, 0.05) is 0 Å². The van der Waals surface area contributed by atoms with Crippen molar-refractivity contribution in [2.45, 2.75) is 18.5 Å². The molecule has 21 heavy (non-hydrogen) atoms. The van der Waals surface area contributed by atoms with Gasteiger partial charge in [-0.05, 0) is 17.2 Å². The Labute approximate surface area is 123 Å². The zero-order valence-corrected chi connectivity index (χ0v) is 11.4. The van der Waals surface area contributed by atoms with E-state index in [0.717, 1.165) is 11.1 Å². The largest absolute Gasteiger partial charge is 0.466 e. The zero-order valence-electron chi connectivity index (χ0n) is 11.4. The van der Waals surface area contributed by atoms with E-state index in [-0.39, 0.29) is 18.3 Å². The fourth-order valence-corrected chi connectivity index (χ4v) is 2.91. The maximum absolute atomic E-state index is 10.4. The second kappa shape index (κ2) is 5.02. The number of hydrogen-bond acceptors (Lipinski definition) is 3. The highest BCUT2D eigenvalue weighted by atomic mass is 16.7. The number of hydrogen-bond donors (Lipinski definition) is 1. The molecule has 0 spiro atoms. The molecule has 1 fully saturated rings.